The number of hydrogen-bond acceptors (Lipinski definition) is 3. The molecule has 1 atom stereocenters. The number of carbonyl (C=O) groups is 3. The van der Waals surface area contributed by atoms with Gasteiger partial charge in [0.2, 0.25) is 11.8 Å². The first kappa shape index (κ1) is 27.5. The largest absolute Gasteiger partial charge is 0.453 e. The number of halogens is 5. The fourth-order valence-corrected chi connectivity index (χ4v) is 4.34. The Labute approximate surface area is 216 Å². The lowest BCUT2D eigenvalue weighted by molar-refractivity contribution is -0.283. The molecular formula is C27H28F5N3O3. The zero-order valence-corrected chi connectivity index (χ0v) is 20.9. The second kappa shape index (κ2) is 9.99. The van der Waals surface area contributed by atoms with Crippen LogP contribution in [0.15, 0.2) is 48.5 Å². The Kier molecular flexibility index (Phi) is 7.24. The van der Waals surface area contributed by atoms with Crippen LogP contribution in [-0.4, -0.2) is 42.9 Å². The molecule has 38 heavy (non-hydrogen) atoms. The number of alkyl halides is 5. The van der Waals surface area contributed by atoms with Crippen LogP contribution >= 0.6 is 0 Å². The topological polar surface area (TPSA) is 78.5 Å². The molecule has 0 bridgehead atoms. The molecule has 11 heteroatoms. The van der Waals surface area contributed by atoms with E-state index in [-0.39, 0.29) is 5.91 Å². The van der Waals surface area contributed by atoms with Crippen LogP contribution in [0.5, 0.6) is 0 Å². The smallest absolute Gasteiger partial charge is 0.355 e. The van der Waals surface area contributed by atoms with Gasteiger partial charge in [0.25, 0.3) is 5.91 Å². The fraction of sp³-hybridized carbons (Fsp3) is 0.444. The molecule has 3 amide bonds. The number of para-hydroxylation sites is 1. The highest BCUT2D eigenvalue weighted by atomic mass is 19.4. The molecule has 2 aromatic carbocycles. The molecular weight excluding hydrogens is 509 g/mol. The first-order valence-electron chi connectivity index (χ1n) is 12.3. The minimum atomic E-state index is -5.75. The third kappa shape index (κ3) is 5.37. The minimum Gasteiger partial charge on any atom is -0.355 e. The van der Waals surface area contributed by atoms with Crippen LogP contribution in [0.4, 0.5) is 27.6 Å². The summed E-state index contributed by atoms with van der Waals surface area (Å²) < 4.78 is 63.7. The van der Waals surface area contributed by atoms with E-state index in [1.54, 1.807) is 17.0 Å². The van der Waals surface area contributed by atoms with Crippen LogP contribution in [0, 0.1) is 11.3 Å². The standard InChI is InChI=1S/C27H28F5N3O3/c1-25(2,23(37)33-14-13-26(28,29)27(30,31)32)24(38)34-21-19-9-4-3-7-17(19)18-8-5-6-10-20(18)35(22(21)36)15-16-11-12-16/h3-10,16,21H,11-15H2,1-2H3,(H,33,37)(H,34,38)/t21-/m0/s1. The summed E-state index contributed by atoms with van der Waals surface area (Å²) in [6.45, 7) is 1.90. The molecule has 6 nitrogen and oxygen atoms in total. The van der Waals surface area contributed by atoms with Gasteiger partial charge in [-0.2, -0.15) is 22.0 Å². The molecule has 4 rings (SSSR count). The maximum absolute atomic E-state index is 13.9. The van der Waals surface area contributed by atoms with Gasteiger partial charge in [0.15, 0.2) is 0 Å². The normalized spacial score (nSPS) is 17.8. The highest BCUT2D eigenvalue weighted by Gasteiger charge is 2.56. The number of carbonyl (C=O) groups excluding carboxylic acids is 3. The second-order valence-electron chi connectivity index (χ2n) is 10.2. The Balaban J connectivity index is 1.57. The van der Waals surface area contributed by atoms with Gasteiger partial charge in [-0.25, -0.2) is 0 Å². The summed E-state index contributed by atoms with van der Waals surface area (Å²) in [5, 5.41) is 4.65. The number of nitrogens with zero attached hydrogens (tertiary/aromatic N) is 1. The summed E-state index contributed by atoms with van der Waals surface area (Å²) in [5.74, 6) is -6.95. The summed E-state index contributed by atoms with van der Waals surface area (Å²) in [6, 6.07) is 13.3. The number of nitrogens with one attached hydrogen (secondary N) is 2. The van der Waals surface area contributed by atoms with Crippen molar-refractivity contribution in [2.75, 3.05) is 18.0 Å². The summed E-state index contributed by atoms with van der Waals surface area (Å²) in [5.41, 5.74) is 0.908. The maximum atomic E-state index is 13.9. The van der Waals surface area contributed by atoms with Gasteiger partial charge < -0.3 is 15.5 Å². The molecule has 0 aromatic heterocycles. The van der Waals surface area contributed by atoms with Crippen LogP contribution in [0.3, 0.4) is 0 Å². The Morgan fingerprint density at radius 2 is 1.53 bits per heavy atom. The number of hydrogen-bond donors (Lipinski definition) is 2. The van der Waals surface area contributed by atoms with Crippen LogP contribution in [0.1, 0.15) is 44.7 Å². The Morgan fingerprint density at radius 3 is 2.16 bits per heavy atom. The van der Waals surface area contributed by atoms with Crippen LogP contribution in [-0.2, 0) is 14.4 Å². The lowest BCUT2D eigenvalue weighted by atomic mass is 9.89. The van der Waals surface area contributed by atoms with Gasteiger partial charge in [0, 0.05) is 25.1 Å². The Morgan fingerprint density at radius 1 is 0.921 bits per heavy atom. The van der Waals surface area contributed by atoms with Crippen molar-refractivity contribution in [1.82, 2.24) is 10.6 Å². The van der Waals surface area contributed by atoms with Crippen LogP contribution in [0.2, 0.25) is 0 Å². The van der Waals surface area contributed by atoms with E-state index < -0.39 is 48.3 Å². The van der Waals surface area contributed by atoms with Gasteiger partial charge in [-0.05, 0) is 49.8 Å². The van der Waals surface area contributed by atoms with E-state index in [1.807, 2.05) is 41.7 Å². The number of anilines is 1. The number of benzene rings is 2. The van der Waals surface area contributed by atoms with E-state index in [0.29, 0.717) is 23.7 Å². The summed E-state index contributed by atoms with van der Waals surface area (Å²) in [4.78, 5) is 41.5. The van der Waals surface area contributed by atoms with Gasteiger partial charge in [0.1, 0.15) is 11.5 Å². The molecule has 0 unspecified atom stereocenters. The van der Waals surface area contributed by atoms with Gasteiger partial charge in [-0.1, -0.05) is 42.5 Å². The Hall–Kier alpha value is -3.50. The predicted molar refractivity (Wildman–Crippen MR) is 130 cm³/mol. The molecule has 1 heterocycles. The zero-order chi connectivity index (χ0) is 27.9. The van der Waals surface area contributed by atoms with Crippen molar-refractivity contribution in [2.24, 2.45) is 11.3 Å². The fourth-order valence-electron chi connectivity index (χ4n) is 4.34. The first-order valence-corrected chi connectivity index (χ1v) is 12.3. The van der Waals surface area contributed by atoms with Crippen molar-refractivity contribution in [3.05, 3.63) is 54.1 Å². The molecule has 0 radical (unpaired) electrons. The first-order chi connectivity index (χ1) is 17.7. The monoisotopic (exact) mass is 537 g/mol. The highest BCUT2D eigenvalue weighted by molar-refractivity contribution is 6.09. The van der Waals surface area contributed by atoms with E-state index in [2.05, 4.69) is 5.32 Å². The van der Waals surface area contributed by atoms with Crippen molar-refractivity contribution >= 4 is 23.4 Å². The molecule has 2 aromatic rings. The van der Waals surface area contributed by atoms with Gasteiger partial charge in [-0.15, -0.1) is 0 Å². The molecule has 2 N–H and O–H groups in total. The summed E-state index contributed by atoms with van der Waals surface area (Å²) >= 11 is 0. The van der Waals surface area contributed by atoms with Gasteiger partial charge in [0.05, 0.1) is 5.69 Å². The van der Waals surface area contributed by atoms with E-state index in [1.165, 1.54) is 13.8 Å². The van der Waals surface area contributed by atoms with Crippen LogP contribution in [0.25, 0.3) is 11.1 Å². The SMILES string of the molecule is CC(C)(C(=O)NCCC(F)(F)C(F)(F)F)C(=O)N[C@@H]1C(=O)N(CC2CC2)c2ccccc2-c2ccccc21. The van der Waals surface area contributed by atoms with Crippen molar-refractivity contribution in [3.8, 4) is 11.1 Å². The third-order valence-electron chi connectivity index (χ3n) is 6.96. The molecule has 1 aliphatic heterocycles. The van der Waals surface area contributed by atoms with Gasteiger partial charge >= 0.3 is 12.1 Å². The molecule has 1 fully saturated rings. The van der Waals surface area contributed by atoms with Gasteiger partial charge in [-0.3, -0.25) is 14.4 Å². The number of rotatable bonds is 8. The average molecular weight is 538 g/mol. The molecule has 0 saturated heterocycles. The summed E-state index contributed by atoms with van der Waals surface area (Å²) in [7, 11) is 0. The minimum absolute atomic E-state index is 0.335. The predicted octanol–water partition coefficient (Wildman–Crippen LogP) is 5.00. The van der Waals surface area contributed by atoms with Crippen molar-refractivity contribution in [3.63, 3.8) is 0 Å². The van der Waals surface area contributed by atoms with E-state index in [0.717, 1.165) is 24.0 Å². The molecule has 1 saturated carbocycles. The average Bonchev–Trinajstić information content (AvgIpc) is 3.69. The van der Waals surface area contributed by atoms with Crippen molar-refractivity contribution in [2.45, 2.75) is 51.3 Å². The quantitative estimate of drug-likeness (QED) is 0.368. The maximum Gasteiger partial charge on any atom is 0.453 e. The lowest BCUT2D eigenvalue weighted by Crippen LogP contribution is -2.52. The highest BCUT2D eigenvalue weighted by Crippen LogP contribution is 2.42. The molecule has 2 aliphatic rings. The molecule has 0 spiro atoms. The molecule has 1 aliphatic carbocycles. The van der Waals surface area contributed by atoms with E-state index in [9.17, 15) is 36.3 Å². The zero-order valence-electron chi connectivity index (χ0n) is 20.9. The van der Waals surface area contributed by atoms with E-state index >= 15 is 0 Å². The third-order valence-corrected chi connectivity index (χ3v) is 6.96. The number of fused-ring (bicyclic) bond motifs is 3. The Bertz CT molecular complexity index is 1240. The van der Waals surface area contributed by atoms with Crippen LogP contribution < -0.4 is 15.5 Å². The molecule has 204 valence electrons. The van der Waals surface area contributed by atoms with Crippen molar-refractivity contribution < 1.29 is 36.3 Å². The number of amides is 3. The van der Waals surface area contributed by atoms with Crippen molar-refractivity contribution in [1.29, 1.82) is 0 Å². The van der Waals surface area contributed by atoms with E-state index in [4.69, 9.17) is 0 Å². The lowest BCUT2D eigenvalue weighted by Gasteiger charge is -2.29. The second-order valence-corrected chi connectivity index (χ2v) is 10.2. The summed E-state index contributed by atoms with van der Waals surface area (Å²) in [6.07, 6.45) is -5.45.